The van der Waals surface area contributed by atoms with Crippen molar-refractivity contribution < 1.29 is 19.7 Å². The van der Waals surface area contributed by atoms with E-state index in [0.29, 0.717) is 6.42 Å². The molecule has 2 atom stereocenters. The van der Waals surface area contributed by atoms with E-state index in [1.165, 1.54) is 6.92 Å². The summed E-state index contributed by atoms with van der Waals surface area (Å²) >= 11 is 0. The third-order valence-electron chi connectivity index (χ3n) is 1.26. The molecule has 0 aliphatic heterocycles. The van der Waals surface area contributed by atoms with Crippen molar-refractivity contribution in [1.82, 2.24) is 0 Å². The molecule has 72 valence electrons. The Labute approximate surface area is 72.2 Å². The standard InChI is InChI=1S/C8H16O4/c1-6(9)3-4-12-8(11)5-7(2)10/h6-7,9-10H,3-5H2,1-2H3/t6-,7-/m0/s1. The molecular formula is C8H16O4. The van der Waals surface area contributed by atoms with Crippen LogP contribution in [0.4, 0.5) is 0 Å². The average molecular weight is 176 g/mol. The maximum atomic E-state index is 10.8. The fourth-order valence-electron chi connectivity index (χ4n) is 0.643. The number of carbonyl (C=O) groups is 1. The Hall–Kier alpha value is -0.610. The second-order valence-electron chi connectivity index (χ2n) is 2.91. The third kappa shape index (κ3) is 7.50. The van der Waals surface area contributed by atoms with Gasteiger partial charge in [0.1, 0.15) is 0 Å². The Morgan fingerprint density at radius 3 is 2.33 bits per heavy atom. The van der Waals surface area contributed by atoms with Gasteiger partial charge in [-0.15, -0.1) is 0 Å². The fourth-order valence-corrected chi connectivity index (χ4v) is 0.643. The van der Waals surface area contributed by atoms with Crippen LogP contribution in [0.5, 0.6) is 0 Å². The Balaban J connectivity index is 3.32. The van der Waals surface area contributed by atoms with Gasteiger partial charge in [0.05, 0.1) is 25.2 Å². The summed E-state index contributed by atoms with van der Waals surface area (Å²) in [5.41, 5.74) is 0. The molecule has 0 aromatic rings. The Morgan fingerprint density at radius 2 is 1.92 bits per heavy atom. The van der Waals surface area contributed by atoms with Crippen LogP contribution in [-0.2, 0) is 9.53 Å². The van der Waals surface area contributed by atoms with Crippen molar-refractivity contribution in [3.05, 3.63) is 0 Å². The van der Waals surface area contributed by atoms with Gasteiger partial charge < -0.3 is 14.9 Å². The zero-order valence-electron chi connectivity index (χ0n) is 7.49. The van der Waals surface area contributed by atoms with Crippen LogP contribution in [0.3, 0.4) is 0 Å². The van der Waals surface area contributed by atoms with E-state index >= 15 is 0 Å². The van der Waals surface area contributed by atoms with Crippen molar-refractivity contribution in [3.63, 3.8) is 0 Å². The molecule has 0 spiro atoms. The average Bonchev–Trinajstić information content (AvgIpc) is 1.84. The van der Waals surface area contributed by atoms with E-state index in [-0.39, 0.29) is 13.0 Å². The molecular weight excluding hydrogens is 160 g/mol. The highest BCUT2D eigenvalue weighted by molar-refractivity contribution is 5.69. The first-order valence-electron chi connectivity index (χ1n) is 4.04. The van der Waals surface area contributed by atoms with Gasteiger partial charge in [-0.25, -0.2) is 0 Å². The maximum Gasteiger partial charge on any atom is 0.308 e. The zero-order chi connectivity index (χ0) is 9.56. The lowest BCUT2D eigenvalue weighted by Gasteiger charge is -2.06. The summed E-state index contributed by atoms with van der Waals surface area (Å²) in [6, 6.07) is 0. The Morgan fingerprint density at radius 1 is 1.33 bits per heavy atom. The highest BCUT2D eigenvalue weighted by atomic mass is 16.5. The van der Waals surface area contributed by atoms with Gasteiger partial charge in [0.15, 0.2) is 0 Å². The predicted octanol–water partition coefficient (Wildman–Crippen LogP) is 0.0714. The molecule has 0 radical (unpaired) electrons. The molecule has 0 aliphatic rings. The topological polar surface area (TPSA) is 66.8 Å². The van der Waals surface area contributed by atoms with Gasteiger partial charge in [-0.1, -0.05) is 0 Å². The normalized spacial score (nSPS) is 15.3. The number of esters is 1. The van der Waals surface area contributed by atoms with Crippen LogP contribution >= 0.6 is 0 Å². The molecule has 0 saturated carbocycles. The first-order valence-corrected chi connectivity index (χ1v) is 4.04. The van der Waals surface area contributed by atoms with Crippen LogP contribution in [0.1, 0.15) is 26.7 Å². The van der Waals surface area contributed by atoms with E-state index < -0.39 is 18.2 Å². The zero-order valence-corrected chi connectivity index (χ0v) is 7.49. The van der Waals surface area contributed by atoms with Gasteiger partial charge >= 0.3 is 5.97 Å². The molecule has 0 amide bonds. The number of aliphatic hydroxyl groups excluding tert-OH is 2. The molecule has 0 heterocycles. The largest absolute Gasteiger partial charge is 0.466 e. The molecule has 0 unspecified atom stereocenters. The molecule has 2 N–H and O–H groups in total. The van der Waals surface area contributed by atoms with E-state index in [9.17, 15) is 4.79 Å². The molecule has 0 aromatic heterocycles. The number of rotatable bonds is 5. The highest BCUT2D eigenvalue weighted by Crippen LogP contribution is 1.95. The molecule has 12 heavy (non-hydrogen) atoms. The van der Waals surface area contributed by atoms with Crippen LogP contribution in [0.15, 0.2) is 0 Å². The van der Waals surface area contributed by atoms with Gasteiger partial charge in [-0.05, 0) is 13.8 Å². The van der Waals surface area contributed by atoms with E-state index in [1.54, 1.807) is 6.92 Å². The van der Waals surface area contributed by atoms with E-state index in [1.807, 2.05) is 0 Å². The Bertz CT molecular complexity index is 131. The quantitative estimate of drug-likeness (QED) is 0.582. The van der Waals surface area contributed by atoms with Crippen LogP contribution in [0.25, 0.3) is 0 Å². The number of aliphatic hydroxyl groups is 2. The van der Waals surface area contributed by atoms with Crippen LogP contribution < -0.4 is 0 Å². The molecule has 4 heteroatoms. The van der Waals surface area contributed by atoms with Gasteiger partial charge in [-0.2, -0.15) is 0 Å². The third-order valence-corrected chi connectivity index (χ3v) is 1.26. The van der Waals surface area contributed by atoms with Crippen molar-refractivity contribution in [1.29, 1.82) is 0 Å². The van der Waals surface area contributed by atoms with Crippen LogP contribution in [-0.4, -0.2) is 35.0 Å². The summed E-state index contributed by atoms with van der Waals surface area (Å²) in [6.07, 6.45) is -0.667. The summed E-state index contributed by atoms with van der Waals surface area (Å²) in [6.45, 7) is 3.36. The number of carbonyl (C=O) groups excluding carboxylic acids is 1. The summed E-state index contributed by atoms with van der Waals surface area (Å²) in [4.78, 5) is 10.8. The smallest absolute Gasteiger partial charge is 0.308 e. The summed E-state index contributed by atoms with van der Waals surface area (Å²) in [7, 11) is 0. The van der Waals surface area contributed by atoms with Crippen LogP contribution in [0, 0.1) is 0 Å². The molecule has 0 aromatic carbocycles. The van der Waals surface area contributed by atoms with Gasteiger partial charge in [0.2, 0.25) is 0 Å². The first kappa shape index (κ1) is 11.4. The van der Waals surface area contributed by atoms with Crippen molar-refractivity contribution >= 4 is 5.97 Å². The van der Waals surface area contributed by atoms with E-state index in [0.717, 1.165) is 0 Å². The fraction of sp³-hybridized carbons (Fsp3) is 0.875. The maximum absolute atomic E-state index is 10.8. The molecule has 0 bridgehead atoms. The van der Waals surface area contributed by atoms with Crippen molar-refractivity contribution in [2.75, 3.05) is 6.61 Å². The minimum atomic E-state index is -0.663. The van der Waals surface area contributed by atoms with Gasteiger partial charge in [-0.3, -0.25) is 4.79 Å². The lowest BCUT2D eigenvalue weighted by Crippen LogP contribution is -2.15. The monoisotopic (exact) mass is 176 g/mol. The molecule has 4 nitrogen and oxygen atoms in total. The molecule has 0 saturated heterocycles. The van der Waals surface area contributed by atoms with Crippen LogP contribution in [0.2, 0.25) is 0 Å². The SMILES string of the molecule is C[C@H](O)CCOC(=O)C[C@H](C)O. The van der Waals surface area contributed by atoms with Gasteiger partial charge in [0, 0.05) is 6.42 Å². The first-order chi connectivity index (χ1) is 5.52. The van der Waals surface area contributed by atoms with Crippen molar-refractivity contribution in [2.45, 2.75) is 38.9 Å². The lowest BCUT2D eigenvalue weighted by atomic mass is 10.3. The lowest BCUT2D eigenvalue weighted by molar-refractivity contribution is -0.146. The van der Waals surface area contributed by atoms with Crippen molar-refractivity contribution in [3.8, 4) is 0 Å². The summed E-state index contributed by atoms with van der Waals surface area (Å²) in [5.74, 6) is -0.425. The number of ether oxygens (including phenoxy) is 1. The summed E-state index contributed by atoms with van der Waals surface area (Å²) < 4.78 is 4.70. The van der Waals surface area contributed by atoms with Gasteiger partial charge in [0.25, 0.3) is 0 Å². The molecule has 0 rings (SSSR count). The number of hydrogen-bond acceptors (Lipinski definition) is 4. The highest BCUT2D eigenvalue weighted by Gasteiger charge is 2.07. The second kappa shape index (κ2) is 5.97. The van der Waals surface area contributed by atoms with E-state index in [2.05, 4.69) is 0 Å². The molecule has 0 fully saturated rings. The van der Waals surface area contributed by atoms with E-state index in [4.69, 9.17) is 14.9 Å². The second-order valence-corrected chi connectivity index (χ2v) is 2.91. The predicted molar refractivity (Wildman–Crippen MR) is 43.6 cm³/mol. The minimum Gasteiger partial charge on any atom is -0.466 e. The minimum absolute atomic E-state index is 0.0137. The number of hydrogen-bond donors (Lipinski definition) is 2. The summed E-state index contributed by atoms with van der Waals surface area (Å²) in [5, 5.41) is 17.6. The van der Waals surface area contributed by atoms with Crippen molar-refractivity contribution in [2.24, 2.45) is 0 Å². The molecule has 0 aliphatic carbocycles. The Kier molecular flexibility index (Phi) is 5.66.